The second-order valence-electron chi connectivity index (χ2n) is 5.55. The summed E-state index contributed by atoms with van der Waals surface area (Å²) in [5, 5.41) is 3.53. The lowest BCUT2D eigenvalue weighted by Crippen LogP contribution is -2.36. The Morgan fingerprint density at radius 1 is 1.29 bits per heavy atom. The third-order valence-electron chi connectivity index (χ3n) is 3.88. The molecule has 2 atom stereocenters. The number of hydrogen-bond donors (Lipinski definition) is 1. The standard InChI is InChI=1S/C16H19NO3S/c1-12(11-13-5-4-9-20-13)17-15-8-10-21(18,19)16-7-3-2-6-14(15)16/h2-7,9,12,15,17H,8,10-11H2,1H3. The summed E-state index contributed by atoms with van der Waals surface area (Å²) in [6, 6.07) is 11.4. The van der Waals surface area contributed by atoms with Crippen LogP contribution in [-0.4, -0.2) is 20.2 Å². The molecule has 4 nitrogen and oxygen atoms in total. The molecule has 0 radical (unpaired) electrons. The van der Waals surface area contributed by atoms with E-state index in [0.717, 1.165) is 17.7 Å². The van der Waals surface area contributed by atoms with Crippen LogP contribution in [0.5, 0.6) is 0 Å². The number of hydrogen-bond acceptors (Lipinski definition) is 4. The quantitative estimate of drug-likeness (QED) is 0.943. The zero-order valence-electron chi connectivity index (χ0n) is 12.0. The first-order valence-electron chi connectivity index (χ1n) is 7.16. The van der Waals surface area contributed by atoms with Crippen LogP contribution in [0.15, 0.2) is 52.0 Å². The normalized spacial score (nSPS) is 21.7. The third-order valence-corrected chi connectivity index (χ3v) is 5.69. The molecule has 0 fully saturated rings. The van der Waals surface area contributed by atoms with Gasteiger partial charge in [-0.05, 0) is 37.1 Å². The molecule has 2 unspecified atom stereocenters. The van der Waals surface area contributed by atoms with Crippen molar-refractivity contribution in [1.29, 1.82) is 0 Å². The molecule has 1 N–H and O–H groups in total. The fourth-order valence-corrected chi connectivity index (χ4v) is 4.52. The minimum Gasteiger partial charge on any atom is -0.469 e. The van der Waals surface area contributed by atoms with Gasteiger partial charge < -0.3 is 9.73 Å². The van der Waals surface area contributed by atoms with Crippen molar-refractivity contribution in [2.24, 2.45) is 0 Å². The number of sulfone groups is 1. The van der Waals surface area contributed by atoms with E-state index in [1.807, 2.05) is 24.3 Å². The average Bonchev–Trinajstić information content (AvgIpc) is 2.95. The molecule has 0 saturated heterocycles. The van der Waals surface area contributed by atoms with Gasteiger partial charge in [0.15, 0.2) is 9.84 Å². The molecule has 112 valence electrons. The van der Waals surface area contributed by atoms with Crippen LogP contribution in [-0.2, 0) is 16.3 Å². The van der Waals surface area contributed by atoms with E-state index in [1.54, 1.807) is 18.4 Å². The molecule has 1 aliphatic rings. The maximum atomic E-state index is 12.1. The van der Waals surface area contributed by atoms with Crippen LogP contribution in [0.3, 0.4) is 0 Å². The highest BCUT2D eigenvalue weighted by Gasteiger charge is 2.30. The van der Waals surface area contributed by atoms with E-state index in [0.29, 0.717) is 11.3 Å². The Hall–Kier alpha value is -1.59. The number of furan rings is 1. The largest absolute Gasteiger partial charge is 0.469 e. The molecule has 3 rings (SSSR count). The molecule has 0 bridgehead atoms. The topological polar surface area (TPSA) is 59.3 Å². The van der Waals surface area contributed by atoms with E-state index in [4.69, 9.17) is 4.42 Å². The van der Waals surface area contributed by atoms with Gasteiger partial charge in [0.1, 0.15) is 5.76 Å². The van der Waals surface area contributed by atoms with Crippen LogP contribution in [0.25, 0.3) is 0 Å². The van der Waals surface area contributed by atoms with E-state index in [1.165, 1.54) is 0 Å². The lowest BCUT2D eigenvalue weighted by molar-refractivity contribution is 0.403. The highest BCUT2D eigenvalue weighted by atomic mass is 32.2. The van der Waals surface area contributed by atoms with E-state index in [2.05, 4.69) is 12.2 Å². The summed E-state index contributed by atoms with van der Waals surface area (Å²) >= 11 is 0. The molecule has 0 aliphatic carbocycles. The fourth-order valence-electron chi connectivity index (χ4n) is 2.90. The van der Waals surface area contributed by atoms with Crippen molar-refractivity contribution in [2.75, 3.05) is 5.75 Å². The Labute approximate surface area is 125 Å². The van der Waals surface area contributed by atoms with Crippen LogP contribution in [0, 0.1) is 0 Å². The van der Waals surface area contributed by atoms with Gasteiger partial charge in [0.2, 0.25) is 0 Å². The summed E-state index contributed by atoms with van der Waals surface area (Å²) in [4.78, 5) is 0.471. The van der Waals surface area contributed by atoms with Crippen LogP contribution in [0.1, 0.15) is 30.7 Å². The Balaban J connectivity index is 1.78. The Morgan fingerprint density at radius 2 is 2.10 bits per heavy atom. The summed E-state index contributed by atoms with van der Waals surface area (Å²) in [6.45, 7) is 2.09. The van der Waals surface area contributed by atoms with Crippen molar-refractivity contribution in [3.63, 3.8) is 0 Å². The molecule has 0 saturated carbocycles. The summed E-state index contributed by atoms with van der Waals surface area (Å²) in [7, 11) is -3.12. The van der Waals surface area contributed by atoms with Crippen molar-refractivity contribution in [1.82, 2.24) is 5.32 Å². The van der Waals surface area contributed by atoms with Crippen molar-refractivity contribution in [2.45, 2.75) is 36.7 Å². The number of rotatable bonds is 4. The van der Waals surface area contributed by atoms with E-state index < -0.39 is 9.84 Å². The number of nitrogens with one attached hydrogen (secondary N) is 1. The van der Waals surface area contributed by atoms with Gasteiger partial charge in [-0.15, -0.1) is 0 Å². The monoisotopic (exact) mass is 305 g/mol. The van der Waals surface area contributed by atoms with Gasteiger partial charge in [0, 0.05) is 18.5 Å². The molecule has 2 heterocycles. The van der Waals surface area contributed by atoms with Gasteiger partial charge in [-0.2, -0.15) is 0 Å². The van der Waals surface area contributed by atoms with Gasteiger partial charge in [-0.1, -0.05) is 18.2 Å². The van der Waals surface area contributed by atoms with E-state index in [-0.39, 0.29) is 17.8 Å². The van der Waals surface area contributed by atoms with Crippen LogP contribution in [0.4, 0.5) is 0 Å². The lowest BCUT2D eigenvalue weighted by Gasteiger charge is -2.28. The predicted octanol–water partition coefficient (Wildman–Crippen LogP) is 2.72. The summed E-state index contributed by atoms with van der Waals surface area (Å²) in [5.74, 6) is 1.14. The first-order valence-corrected chi connectivity index (χ1v) is 8.81. The summed E-state index contributed by atoms with van der Waals surface area (Å²) < 4.78 is 29.6. The van der Waals surface area contributed by atoms with E-state index in [9.17, 15) is 8.42 Å². The number of fused-ring (bicyclic) bond motifs is 1. The third kappa shape index (κ3) is 3.04. The molecule has 0 amide bonds. The summed E-state index contributed by atoms with van der Waals surface area (Å²) in [5.41, 5.74) is 0.884. The summed E-state index contributed by atoms with van der Waals surface area (Å²) in [6.07, 6.45) is 3.07. The van der Waals surface area contributed by atoms with Gasteiger partial charge in [0.05, 0.1) is 16.9 Å². The highest BCUT2D eigenvalue weighted by Crippen LogP contribution is 2.32. The van der Waals surface area contributed by atoms with Crippen LogP contribution in [0.2, 0.25) is 0 Å². The molecule has 0 spiro atoms. The zero-order chi connectivity index (χ0) is 14.9. The molecular weight excluding hydrogens is 286 g/mol. The minimum absolute atomic E-state index is 0.0784. The molecule has 21 heavy (non-hydrogen) atoms. The van der Waals surface area contributed by atoms with Crippen molar-refractivity contribution in [3.8, 4) is 0 Å². The van der Waals surface area contributed by atoms with Gasteiger partial charge >= 0.3 is 0 Å². The maximum absolute atomic E-state index is 12.1. The Morgan fingerprint density at radius 3 is 2.86 bits per heavy atom. The average molecular weight is 305 g/mol. The Kier molecular flexibility index (Phi) is 3.87. The lowest BCUT2D eigenvalue weighted by atomic mass is 10.0. The SMILES string of the molecule is CC(Cc1ccco1)NC1CCS(=O)(=O)c2ccccc21. The van der Waals surface area contributed by atoms with Crippen molar-refractivity contribution >= 4 is 9.84 Å². The molecule has 1 aromatic carbocycles. The van der Waals surface area contributed by atoms with E-state index >= 15 is 0 Å². The zero-order valence-corrected chi connectivity index (χ0v) is 12.8. The maximum Gasteiger partial charge on any atom is 0.178 e. The Bertz CT molecular complexity index is 707. The van der Waals surface area contributed by atoms with Gasteiger partial charge in [-0.25, -0.2) is 8.42 Å². The van der Waals surface area contributed by atoms with Crippen LogP contribution < -0.4 is 5.32 Å². The smallest absolute Gasteiger partial charge is 0.178 e. The van der Waals surface area contributed by atoms with Crippen molar-refractivity contribution < 1.29 is 12.8 Å². The first kappa shape index (κ1) is 14.4. The highest BCUT2D eigenvalue weighted by molar-refractivity contribution is 7.91. The minimum atomic E-state index is -3.12. The number of benzene rings is 1. The second kappa shape index (κ2) is 5.66. The molecule has 2 aromatic rings. The molecular formula is C16H19NO3S. The first-order chi connectivity index (χ1) is 10.1. The van der Waals surface area contributed by atoms with Crippen LogP contribution >= 0.6 is 0 Å². The second-order valence-corrected chi connectivity index (χ2v) is 7.63. The molecule has 1 aromatic heterocycles. The van der Waals surface area contributed by atoms with Crippen molar-refractivity contribution in [3.05, 3.63) is 54.0 Å². The van der Waals surface area contributed by atoms with Gasteiger partial charge in [0.25, 0.3) is 0 Å². The fraction of sp³-hybridized carbons (Fsp3) is 0.375. The van der Waals surface area contributed by atoms with Gasteiger partial charge in [-0.3, -0.25) is 0 Å². The predicted molar refractivity (Wildman–Crippen MR) is 80.9 cm³/mol. The molecule has 1 aliphatic heterocycles. The molecule has 5 heteroatoms.